The number of ether oxygens (including phenoxy) is 1. The van der Waals surface area contributed by atoms with Crippen LogP contribution in [-0.4, -0.2) is 23.7 Å². The molecule has 7 heteroatoms. The Labute approximate surface area is 146 Å². The first-order chi connectivity index (χ1) is 11.0. The number of carboxylic acid groups (broad SMARTS) is 1. The van der Waals surface area contributed by atoms with E-state index in [-0.39, 0.29) is 25.5 Å². The van der Waals surface area contributed by atoms with Crippen molar-refractivity contribution in [3.63, 3.8) is 0 Å². The number of aliphatic carboxylic acids is 1. The van der Waals surface area contributed by atoms with Crippen molar-refractivity contribution in [2.45, 2.75) is 18.9 Å². The molecule has 1 aromatic heterocycles. The first-order valence-corrected chi connectivity index (χ1v) is 8.57. The number of alkyl carbamates (subject to hydrolysis) is 1. The standard InChI is InChI=1S/C16H16BrNO4S/c17-14-7-6-13(23-14)12(8-15(19)20)9-18-16(21)22-10-11-4-2-1-3-5-11/h1-7,12H,8-10H2,(H,18,21)(H,19,20). The fourth-order valence-corrected chi connectivity index (χ4v) is 3.54. The van der Waals surface area contributed by atoms with Crippen molar-refractivity contribution in [1.82, 2.24) is 5.32 Å². The highest BCUT2D eigenvalue weighted by Crippen LogP contribution is 2.30. The summed E-state index contributed by atoms with van der Waals surface area (Å²) in [7, 11) is 0. The second-order valence-corrected chi connectivity index (χ2v) is 7.37. The van der Waals surface area contributed by atoms with Crippen LogP contribution in [0.2, 0.25) is 0 Å². The minimum Gasteiger partial charge on any atom is -0.481 e. The number of thiophene rings is 1. The largest absolute Gasteiger partial charge is 0.481 e. The van der Waals surface area contributed by atoms with Gasteiger partial charge in [0.05, 0.1) is 10.2 Å². The van der Waals surface area contributed by atoms with E-state index in [9.17, 15) is 9.59 Å². The number of carbonyl (C=O) groups is 2. The molecular formula is C16H16BrNO4S. The Morgan fingerprint density at radius 3 is 2.57 bits per heavy atom. The van der Waals surface area contributed by atoms with Crippen LogP contribution in [0.1, 0.15) is 22.8 Å². The van der Waals surface area contributed by atoms with Crippen LogP contribution in [0.4, 0.5) is 4.79 Å². The highest BCUT2D eigenvalue weighted by atomic mass is 79.9. The predicted molar refractivity (Wildman–Crippen MR) is 91.6 cm³/mol. The van der Waals surface area contributed by atoms with Crippen LogP contribution in [0.25, 0.3) is 0 Å². The van der Waals surface area contributed by atoms with Gasteiger partial charge >= 0.3 is 12.1 Å². The van der Waals surface area contributed by atoms with Crippen molar-refractivity contribution in [2.24, 2.45) is 0 Å². The van der Waals surface area contributed by atoms with Gasteiger partial charge in [-0.15, -0.1) is 11.3 Å². The normalized spacial score (nSPS) is 11.7. The molecule has 0 fully saturated rings. The van der Waals surface area contributed by atoms with E-state index in [0.717, 1.165) is 14.2 Å². The van der Waals surface area contributed by atoms with Crippen LogP contribution >= 0.6 is 27.3 Å². The van der Waals surface area contributed by atoms with Crippen molar-refractivity contribution < 1.29 is 19.4 Å². The number of nitrogens with one attached hydrogen (secondary N) is 1. The predicted octanol–water partition coefficient (Wildman–Crippen LogP) is 4.00. The maximum Gasteiger partial charge on any atom is 0.407 e. The lowest BCUT2D eigenvalue weighted by atomic mass is 10.0. The molecule has 23 heavy (non-hydrogen) atoms. The van der Waals surface area contributed by atoms with Gasteiger partial charge in [0.2, 0.25) is 0 Å². The smallest absolute Gasteiger partial charge is 0.407 e. The molecule has 5 nitrogen and oxygen atoms in total. The molecule has 1 atom stereocenters. The fraction of sp³-hybridized carbons (Fsp3) is 0.250. The molecule has 122 valence electrons. The number of carbonyl (C=O) groups excluding carboxylic acids is 1. The molecule has 2 N–H and O–H groups in total. The number of hydrogen-bond donors (Lipinski definition) is 2. The minimum atomic E-state index is -0.904. The molecule has 0 spiro atoms. The van der Waals surface area contributed by atoms with Gasteiger partial charge in [-0.25, -0.2) is 4.79 Å². The highest BCUT2D eigenvalue weighted by Gasteiger charge is 2.18. The summed E-state index contributed by atoms with van der Waals surface area (Å²) in [6.07, 6.45) is -0.605. The van der Waals surface area contributed by atoms with Gasteiger partial charge in [-0.3, -0.25) is 4.79 Å². The summed E-state index contributed by atoms with van der Waals surface area (Å²) in [4.78, 5) is 23.7. The molecule has 0 aliphatic carbocycles. The Kier molecular flexibility index (Phi) is 6.61. The van der Waals surface area contributed by atoms with E-state index in [1.54, 1.807) is 0 Å². The zero-order chi connectivity index (χ0) is 16.7. The fourth-order valence-electron chi connectivity index (χ4n) is 2.01. The van der Waals surface area contributed by atoms with Gasteiger partial charge in [-0.1, -0.05) is 30.3 Å². The van der Waals surface area contributed by atoms with Crippen molar-refractivity contribution in [1.29, 1.82) is 0 Å². The van der Waals surface area contributed by atoms with E-state index in [1.807, 2.05) is 42.5 Å². The van der Waals surface area contributed by atoms with Gasteiger partial charge in [-0.05, 0) is 33.6 Å². The summed E-state index contributed by atoms with van der Waals surface area (Å²) in [6.45, 7) is 0.397. The second kappa shape index (κ2) is 8.69. The van der Waals surface area contributed by atoms with Crippen LogP contribution in [0.15, 0.2) is 46.3 Å². The Bertz CT molecular complexity index is 659. The molecule has 1 aromatic carbocycles. The molecule has 2 rings (SSSR count). The average molecular weight is 398 g/mol. The minimum absolute atomic E-state index is 0.0497. The molecule has 0 aliphatic heterocycles. The van der Waals surface area contributed by atoms with E-state index in [0.29, 0.717) is 0 Å². The molecule has 1 heterocycles. The number of halogens is 1. The first kappa shape index (κ1) is 17.5. The van der Waals surface area contributed by atoms with Gasteiger partial charge in [0.15, 0.2) is 0 Å². The molecule has 0 bridgehead atoms. The lowest BCUT2D eigenvalue weighted by Gasteiger charge is -2.14. The number of hydrogen-bond acceptors (Lipinski definition) is 4. The molecule has 0 aliphatic rings. The summed E-state index contributed by atoms with van der Waals surface area (Å²) in [5.74, 6) is -1.19. The van der Waals surface area contributed by atoms with E-state index in [4.69, 9.17) is 9.84 Å². The van der Waals surface area contributed by atoms with Crippen LogP contribution < -0.4 is 5.32 Å². The van der Waals surface area contributed by atoms with Crippen molar-refractivity contribution >= 4 is 39.3 Å². The molecule has 0 radical (unpaired) electrons. The first-order valence-electron chi connectivity index (χ1n) is 6.96. The average Bonchev–Trinajstić information content (AvgIpc) is 2.96. The van der Waals surface area contributed by atoms with Gasteiger partial charge < -0.3 is 15.2 Å². The molecular weight excluding hydrogens is 382 g/mol. The van der Waals surface area contributed by atoms with E-state index in [2.05, 4.69) is 21.2 Å². The number of carboxylic acids is 1. The zero-order valence-electron chi connectivity index (χ0n) is 12.2. The number of rotatable bonds is 7. The van der Waals surface area contributed by atoms with Crippen molar-refractivity contribution in [3.8, 4) is 0 Å². The SMILES string of the molecule is O=C(O)CC(CNC(=O)OCc1ccccc1)c1ccc(Br)s1. The van der Waals surface area contributed by atoms with Crippen LogP contribution in [0.5, 0.6) is 0 Å². The van der Waals surface area contributed by atoms with E-state index < -0.39 is 12.1 Å². The Morgan fingerprint density at radius 2 is 1.96 bits per heavy atom. The zero-order valence-corrected chi connectivity index (χ0v) is 14.6. The molecule has 2 aromatic rings. The van der Waals surface area contributed by atoms with Crippen molar-refractivity contribution in [2.75, 3.05) is 6.54 Å². The Morgan fingerprint density at radius 1 is 1.22 bits per heavy atom. The van der Waals surface area contributed by atoms with Gasteiger partial charge in [0.1, 0.15) is 6.61 Å². The number of benzene rings is 1. The van der Waals surface area contributed by atoms with Crippen LogP contribution in [0, 0.1) is 0 Å². The summed E-state index contributed by atoms with van der Waals surface area (Å²) in [6, 6.07) is 13.1. The second-order valence-electron chi connectivity index (χ2n) is 4.88. The highest BCUT2D eigenvalue weighted by molar-refractivity contribution is 9.11. The monoisotopic (exact) mass is 397 g/mol. The molecule has 1 unspecified atom stereocenters. The molecule has 0 saturated heterocycles. The summed E-state index contributed by atoms with van der Waals surface area (Å²) < 4.78 is 6.05. The van der Waals surface area contributed by atoms with Crippen LogP contribution in [-0.2, 0) is 16.1 Å². The quantitative estimate of drug-likeness (QED) is 0.740. The summed E-state index contributed by atoms with van der Waals surface area (Å²) in [5.41, 5.74) is 0.895. The summed E-state index contributed by atoms with van der Waals surface area (Å²) in [5, 5.41) is 11.7. The topological polar surface area (TPSA) is 75.6 Å². The lowest BCUT2D eigenvalue weighted by molar-refractivity contribution is -0.137. The molecule has 1 amide bonds. The van der Waals surface area contributed by atoms with Gasteiger partial charge in [-0.2, -0.15) is 0 Å². The third-order valence-corrected chi connectivity index (χ3v) is 4.91. The van der Waals surface area contributed by atoms with E-state index in [1.165, 1.54) is 11.3 Å². The maximum absolute atomic E-state index is 11.8. The lowest BCUT2D eigenvalue weighted by Crippen LogP contribution is -2.29. The third-order valence-electron chi connectivity index (χ3n) is 3.12. The van der Waals surface area contributed by atoms with Gasteiger partial charge in [0, 0.05) is 17.3 Å². The van der Waals surface area contributed by atoms with Crippen LogP contribution in [0.3, 0.4) is 0 Å². The van der Waals surface area contributed by atoms with Gasteiger partial charge in [0.25, 0.3) is 0 Å². The summed E-state index contributed by atoms with van der Waals surface area (Å²) >= 11 is 4.82. The Balaban J connectivity index is 1.85. The van der Waals surface area contributed by atoms with Crippen molar-refractivity contribution in [3.05, 3.63) is 56.7 Å². The number of amides is 1. The maximum atomic E-state index is 11.8. The third kappa shape index (κ3) is 6.03. The van der Waals surface area contributed by atoms with E-state index >= 15 is 0 Å². The Hall–Kier alpha value is -1.86. The molecule has 0 saturated carbocycles.